The summed E-state index contributed by atoms with van der Waals surface area (Å²) in [5, 5.41) is 0. The standard InChI is InChI=1S/C14H22N2O2/c1-9-5-6-12(7-10(9)2)18-11(3)8-14(4,16)13(15)17/h5-7,11H,8,16H2,1-4H3,(H2,15,17). The van der Waals surface area contributed by atoms with E-state index in [4.69, 9.17) is 16.2 Å². The monoisotopic (exact) mass is 250 g/mol. The highest BCUT2D eigenvalue weighted by Gasteiger charge is 2.28. The van der Waals surface area contributed by atoms with Crippen LogP contribution >= 0.6 is 0 Å². The van der Waals surface area contributed by atoms with Gasteiger partial charge >= 0.3 is 0 Å². The minimum atomic E-state index is -1.04. The molecular weight excluding hydrogens is 228 g/mol. The minimum absolute atomic E-state index is 0.172. The lowest BCUT2D eigenvalue weighted by molar-refractivity contribution is -0.123. The first-order chi connectivity index (χ1) is 8.22. The second kappa shape index (κ2) is 5.40. The Morgan fingerprint density at radius 3 is 2.50 bits per heavy atom. The average Bonchev–Trinajstić information content (AvgIpc) is 2.22. The van der Waals surface area contributed by atoms with Gasteiger partial charge in [-0.05, 0) is 51.0 Å². The van der Waals surface area contributed by atoms with E-state index >= 15 is 0 Å². The van der Waals surface area contributed by atoms with Gasteiger partial charge in [-0.3, -0.25) is 4.79 Å². The van der Waals surface area contributed by atoms with Crippen LogP contribution in [0.3, 0.4) is 0 Å². The molecule has 0 radical (unpaired) electrons. The highest BCUT2D eigenvalue weighted by molar-refractivity contribution is 5.83. The maximum Gasteiger partial charge on any atom is 0.237 e. The van der Waals surface area contributed by atoms with Crippen LogP contribution in [-0.2, 0) is 4.79 Å². The number of benzene rings is 1. The summed E-state index contributed by atoms with van der Waals surface area (Å²) in [6, 6.07) is 5.90. The van der Waals surface area contributed by atoms with Crippen LogP contribution in [-0.4, -0.2) is 17.6 Å². The number of ether oxygens (including phenoxy) is 1. The van der Waals surface area contributed by atoms with Crippen molar-refractivity contribution in [2.75, 3.05) is 0 Å². The summed E-state index contributed by atoms with van der Waals surface area (Å²) in [6.45, 7) is 7.58. The van der Waals surface area contributed by atoms with Crippen LogP contribution in [0.2, 0.25) is 0 Å². The number of rotatable bonds is 5. The minimum Gasteiger partial charge on any atom is -0.491 e. The Balaban J connectivity index is 2.67. The molecule has 2 unspecified atom stereocenters. The molecule has 0 bridgehead atoms. The molecule has 0 aromatic heterocycles. The lowest BCUT2D eigenvalue weighted by Crippen LogP contribution is -2.51. The fourth-order valence-electron chi connectivity index (χ4n) is 1.76. The summed E-state index contributed by atoms with van der Waals surface area (Å²) in [5.41, 5.74) is 12.4. The SMILES string of the molecule is Cc1ccc(OC(C)CC(C)(N)C(N)=O)cc1C. The molecule has 0 aliphatic heterocycles. The van der Waals surface area contributed by atoms with E-state index < -0.39 is 11.4 Å². The van der Waals surface area contributed by atoms with Crippen LogP contribution in [0.1, 0.15) is 31.4 Å². The van der Waals surface area contributed by atoms with E-state index in [1.807, 2.05) is 39.0 Å². The molecule has 2 atom stereocenters. The first-order valence-electron chi connectivity index (χ1n) is 6.05. The third kappa shape index (κ3) is 3.74. The highest BCUT2D eigenvalue weighted by atomic mass is 16.5. The summed E-state index contributed by atoms with van der Waals surface area (Å²) in [6.07, 6.45) is 0.213. The molecule has 100 valence electrons. The molecule has 1 amide bonds. The number of aryl methyl sites for hydroxylation is 2. The van der Waals surface area contributed by atoms with Gasteiger partial charge in [0.05, 0.1) is 11.6 Å². The van der Waals surface area contributed by atoms with Crippen LogP contribution < -0.4 is 16.2 Å². The first-order valence-corrected chi connectivity index (χ1v) is 6.05. The number of hydrogen-bond donors (Lipinski definition) is 2. The fraction of sp³-hybridized carbons (Fsp3) is 0.500. The van der Waals surface area contributed by atoms with E-state index in [-0.39, 0.29) is 6.10 Å². The first kappa shape index (κ1) is 14.5. The average molecular weight is 250 g/mol. The van der Waals surface area contributed by atoms with Crippen molar-refractivity contribution in [1.82, 2.24) is 0 Å². The molecule has 4 N–H and O–H groups in total. The maximum atomic E-state index is 11.1. The van der Waals surface area contributed by atoms with E-state index in [0.29, 0.717) is 6.42 Å². The van der Waals surface area contributed by atoms with Gasteiger partial charge in [-0.1, -0.05) is 6.07 Å². The second-order valence-electron chi connectivity index (χ2n) is 5.16. The molecule has 0 spiro atoms. The van der Waals surface area contributed by atoms with Gasteiger partial charge < -0.3 is 16.2 Å². The van der Waals surface area contributed by atoms with Gasteiger partial charge in [-0.2, -0.15) is 0 Å². The van der Waals surface area contributed by atoms with Gasteiger partial charge in [0.2, 0.25) is 5.91 Å². The maximum absolute atomic E-state index is 11.1. The number of hydrogen-bond acceptors (Lipinski definition) is 3. The molecule has 1 aromatic rings. The van der Waals surface area contributed by atoms with Gasteiger partial charge in [-0.15, -0.1) is 0 Å². The zero-order chi connectivity index (χ0) is 13.9. The third-order valence-corrected chi connectivity index (χ3v) is 3.09. The van der Waals surface area contributed by atoms with Crippen molar-refractivity contribution in [1.29, 1.82) is 0 Å². The molecule has 0 aliphatic rings. The quantitative estimate of drug-likeness (QED) is 0.834. The molecule has 0 saturated heterocycles. The molecular formula is C14H22N2O2. The van der Waals surface area contributed by atoms with Crippen molar-refractivity contribution >= 4 is 5.91 Å². The van der Waals surface area contributed by atoms with Crippen LogP contribution in [0, 0.1) is 13.8 Å². The number of nitrogens with two attached hydrogens (primary N) is 2. The molecule has 1 aromatic carbocycles. The predicted molar refractivity (Wildman–Crippen MR) is 72.4 cm³/mol. The van der Waals surface area contributed by atoms with Crippen LogP contribution in [0.5, 0.6) is 5.75 Å². The summed E-state index contributed by atoms with van der Waals surface area (Å²) in [7, 11) is 0. The third-order valence-electron chi connectivity index (χ3n) is 3.09. The number of carbonyl (C=O) groups is 1. The fourth-order valence-corrected chi connectivity index (χ4v) is 1.76. The van der Waals surface area contributed by atoms with Gasteiger partial charge in [0.1, 0.15) is 5.75 Å². The lowest BCUT2D eigenvalue weighted by Gasteiger charge is -2.25. The second-order valence-corrected chi connectivity index (χ2v) is 5.16. The van der Waals surface area contributed by atoms with Gasteiger partial charge in [0.25, 0.3) is 0 Å². The van der Waals surface area contributed by atoms with E-state index in [0.717, 1.165) is 5.75 Å². The van der Waals surface area contributed by atoms with Crippen molar-refractivity contribution in [3.05, 3.63) is 29.3 Å². The molecule has 0 heterocycles. The van der Waals surface area contributed by atoms with Crippen LogP contribution in [0.4, 0.5) is 0 Å². The van der Waals surface area contributed by atoms with Crippen molar-refractivity contribution in [3.8, 4) is 5.75 Å². The number of carbonyl (C=O) groups excluding carboxylic acids is 1. The molecule has 4 nitrogen and oxygen atoms in total. The Morgan fingerprint density at radius 2 is 2.00 bits per heavy atom. The van der Waals surface area contributed by atoms with E-state index in [9.17, 15) is 4.79 Å². The van der Waals surface area contributed by atoms with Gasteiger partial charge in [0, 0.05) is 6.42 Å². The van der Waals surface area contributed by atoms with Gasteiger partial charge in [-0.25, -0.2) is 0 Å². The lowest BCUT2D eigenvalue weighted by atomic mass is 9.95. The zero-order valence-corrected chi connectivity index (χ0v) is 11.5. The van der Waals surface area contributed by atoms with Crippen molar-refractivity contribution < 1.29 is 9.53 Å². The zero-order valence-electron chi connectivity index (χ0n) is 11.5. The highest BCUT2D eigenvalue weighted by Crippen LogP contribution is 2.20. The Kier molecular flexibility index (Phi) is 4.35. The summed E-state index contributed by atoms with van der Waals surface area (Å²) < 4.78 is 5.75. The van der Waals surface area contributed by atoms with Crippen molar-refractivity contribution in [3.63, 3.8) is 0 Å². The van der Waals surface area contributed by atoms with E-state index in [2.05, 4.69) is 0 Å². The van der Waals surface area contributed by atoms with Crippen molar-refractivity contribution in [2.24, 2.45) is 11.5 Å². The Labute approximate surface area is 108 Å². The molecule has 1 rings (SSSR count). The Morgan fingerprint density at radius 1 is 1.39 bits per heavy atom. The van der Waals surface area contributed by atoms with Crippen molar-refractivity contribution in [2.45, 2.75) is 45.8 Å². The van der Waals surface area contributed by atoms with E-state index in [1.54, 1.807) is 6.92 Å². The molecule has 4 heteroatoms. The summed E-state index contributed by atoms with van der Waals surface area (Å²) >= 11 is 0. The predicted octanol–water partition coefficient (Wildman–Crippen LogP) is 1.66. The Hall–Kier alpha value is -1.55. The number of primary amides is 1. The van der Waals surface area contributed by atoms with Crippen LogP contribution in [0.15, 0.2) is 18.2 Å². The van der Waals surface area contributed by atoms with E-state index in [1.165, 1.54) is 11.1 Å². The molecule has 0 fully saturated rings. The molecule has 0 saturated carbocycles. The van der Waals surface area contributed by atoms with Crippen LogP contribution in [0.25, 0.3) is 0 Å². The molecule has 0 aliphatic carbocycles. The normalized spacial score (nSPS) is 15.8. The Bertz CT molecular complexity index is 441. The summed E-state index contributed by atoms with van der Waals surface area (Å²) in [4.78, 5) is 11.1. The topological polar surface area (TPSA) is 78.3 Å². The summed E-state index contributed by atoms with van der Waals surface area (Å²) in [5.74, 6) is 0.268. The molecule has 18 heavy (non-hydrogen) atoms. The largest absolute Gasteiger partial charge is 0.491 e. The smallest absolute Gasteiger partial charge is 0.237 e. The number of amides is 1. The van der Waals surface area contributed by atoms with Gasteiger partial charge in [0.15, 0.2) is 0 Å².